The highest BCUT2D eigenvalue weighted by Crippen LogP contribution is 2.28. The first-order valence-corrected chi connectivity index (χ1v) is 7.41. The van der Waals surface area contributed by atoms with Gasteiger partial charge in [-0.2, -0.15) is 5.26 Å². The quantitative estimate of drug-likeness (QED) is 0.714. The van der Waals surface area contributed by atoms with E-state index in [9.17, 15) is 5.26 Å². The number of hydrogen-bond donors (Lipinski definition) is 0. The first-order valence-electron chi connectivity index (χ1n) is 7.41. The van der Waals surface area contributed by atoms with Gasteiger partial charge in [0, 0.05) is 6.07 Å². The van der Waals surface area contributed by atoms with Gasteiger partial charge in [0.15, 0.2) is 0 Å². The monoisotopic (exact) mass is 295 g/mol. The summed E-state index contributed by atoms with van der Waals surface area (Å²) < 4.78 is 10.9. The maximum Gasteiger partial charge on any atom is 0.122 e. The molecule has 0 spiro atoms. The Kier molecular flexibility index (Phi) is 5.43. The van der Waals surface area contributed by atoms with E-state index in [1.54, 1.807) is 7.11 Å². The predicted octanol–water partition coefficient (Wildman–Crippen LogP) is 4.34. The van der Waals surface area contributed by atoms with Crippen molar-refractivity contribution in [2.24, 2.45) is 0 Å². The van der Waals surface area contributed by atoms with E-state index >= 15 is 0 Å². The van der Waals surface area contributed by atoms with Crippen molar-refractivity contribution in [3.8, 4) is 17.6 Å². The minimum Gasteiger partial charge on any atom is -0.497 e. The molecule has 1 atom stereocenters. The summed E-state index contributed by atoms with van der Waals surface area (Å²) in [6.45, 7) is 2.56. The molecule has 0 aliphatic heterocycles. The minimum atomic E-state index is -0.473. The number of methoxy groups -OCH3 is 1. The molecule has 2 rings (SSSR count). The fraction of sp³-hybridized carbons (Fsp3) is 0.316. The Morgan fingerprint density at radius 1 is 1.05 bits per heavy atom. The second-order valence-electron chi connectivity index (χ2n) is 5.44. The Morgan fingerprint density at radius 2 is 1.77 bits per heavy atom. The van der Waals surface area contributed by atoms with Crippen LogP contribution in [-0.4, -0.2) is 13.7 Å². The maximum atomic E-state index is 9.52. The maximum absolute atomic E-state index is 9.52. The number of rotatable bonds is 7. The molecule has 0 heterocycles. The van der Waals surface area contributed by atoms with Gasteiger partial charge in [0.05, 0.1) is 25.2 Å². The van der Waals surface area contributed by atoms with Gasteiger partial charge in [-0.3, -0.25) is 0 Å². The van der Waals surface area contributed by atoms with Gasteiger partial charge in [-0.1, -0.05) is 36.4 Å². The molecular formula is C19H21NO2. The highest BCUT2D eigenvalue weighted by Gasteiger charge is 2.25. The van der Waals surface area contributed by atoms with Gasteiger partial charge >= 0.3 is 0 Å². The van der Waals surface area contributed by atoms with Gasteiger partial charge in [0.25, 0.3) is 0 Å². The second kappa shape index (κ2) is 7.51. The van der Waals surface area contributed by atoms with Crippen LogP contribution in [0.3, 0.4) is 0 Å². The van der Waals surface area contributed by atoms with Crippen molar-refractivity contribution in [1.29, 1.82) is 5.26 Å². The zero-order chi connectivity index (χ0) is 15.8. The molecule has 0 radical (unpaired) electrons. The molecule has 22 heavy (non-hydrogen) atoms. The second-order valence-corrected chi connectivity index (χ2v) is 5.44. The molecule has 0 saturated heterocycles. The molecule has 0 aromatic heterocycles. The summed E-state index contributed by atoms with van der Waals surface area (Å²) in [5.74, 6) is 1.57. The zero-order valence-corrected chi connectivity index (χ0v) is 13.1. The molecule has 0 amide bonds. The lowest BCUT2D eigenvalue weighted by Crippen LogP contribution is -2.20. The standard InChI is InChI=1S/C19H21NO2/c1-19(15-20,16-8-4-3-5-9-16)12-7-13-22-18-11-6-10-17(14-18)21-2/h3-6,8-11,14H,7,12-13H2,1-2H3. The fourth-order valence-corrected chi connectivity index (χ4v) is 2.38. The van der Waals surface area contributed by atoms with Crippen molar-refractivity contribution in [1.82, 2.24) is 0 Å². The molecule has 0 aliphatic carbocycles. The highest BCUT2D eigenvalue weighted by molar-refractivity contribution is 5.33. The molecule has 0 saturated carbocycles. The zero-order valence-electron chi connectivity index (χ0n) is 13.1. The fourth-order valence-electron chi connectivity index (χ4n) is 2.38. The van der Waals surface area contributed by atoms with Crippen LogP contribution >= 0.6 is 0 Å². The van der Waals surface area contributed by atoms with Crippen LogP contribution in [0.15, 0.2) is 54.6 Å². The summed E-state index contributed by atoms with van der Waals surface area (Å²) >= 11 is 0. The molecule has 114 valence electrons. The van der Waals surface area contributed by atoms with Crippen LogP contribution < -0.4 is 9.47 Å². The van der Waals surface area contributed by atoms with E-state index in [0.717, 1.165) is 29.9 Å². The number of benzene rings is 2. The van der Waals surface area contributed by atoms with Crippen molar-refractivity contribution in [3.63, 3.8) is 0 Å². The minimum absolute atomic E-state index is 0.473. The van der Waals surface area contributed by atoms with Gasteiger partial charge in [-0.25, -0.2) is 0 Å². The van der Waals surface area contributed by atoms with Crippen LogP contribution in [-0.2, 0) is 5.41 Å². The normalized spacial score (nSPS) is 13.0. The highest BCUT2D eigenvalue weighted by atomic mass is 16.5. The summed E-state index contributed by atoms with van der Waals surface area (Å²) in [7, 11) is 1.64. The third-order valence-electron chi connectivity index (χ3n) is 3.79. The molecule has 3 nitrogen and oxygen atoms in total. The predicted molar refractivity (Wildman–Crippen MR) is 87.1 cm³/mol. The van der Waals surface area contributed by atoms with Gasteiger partial charge in [-0.05, 0) is 37.5 Å². The van der Waals surface area contributed by atoms with Crippen molar-refractivity contribution in [2.45, 2.75) is 25.2 Å². The molecule has 2 aromatic rings. The van der Waals surface area contributed by atoms with Gasteiger partial charge in [-0.15, -0.1) is 0 Å². The summed E-state index contributed by atoms with van der Waals surface area (Å²) in [5, 5.41) is 9.52. The van der Waals surface area contributed by atoms with Crippen LogP contribution in [0.2, 0.25) is 0 Å². The first-order chi connectivity index (χ1) is 10.7. The van der Waals surface area contributed by atoms with Crippen molar-refractivity contribution in [3.05, 3.63) is 60.2 Å². The number of hydrogen-bond acceptors (Lipinski definition) is 3. The summed E-state index contributed by atoms with van der Waals surface area (Å²) in [5.41, 5.74) is 0.581. The molecule has 0 aliphatic rings. The molecular weight excluding hydrogens is 274 g/mol. The lowest BCUT2D eigenvalue weighted by Gasteiger charge is -2.22. The van der Waals surface area contributed by atoms with Crippen molar-refractivity contribution >= 4 is 0 Å². The van der Waals surface area contributed by atoms with Crippen LogP contribution in [0, 0.1) is 11.3 Å². The van der Waals surface area contributed by atoms with Gasteiger partial charge in [0.2, 0.25) is 0 Å². The van der Waals surface area contributed by atoms with E-state index in [2.05, 4.69) is 6.07 Å². The average molecular weight is 295 g/mol. The molecule has 0 N–H and O–H groups in total. The van der Waals surface area contributed by atoms with Crippen molar-refractivity contribution < 1.29 is 9.47 Å². The third-order valence-corrected chi connectivity index (χ3v) is 3.79. The van der Waals surface area contributed by atoms with E-state index < -0.39 is 5.41 Å². The third kappa shape index (κ3) is 4.02. The number of nitrogens with zero attached hydrogens (tertiary/aromatic N) is 1. The van der Waals surface area contributed by atoms with Gasteiger partial charge in [0.1, 0.15) is 11.5 Å². The lowest BCUT2D eigenvalue weighted by atomic mass is 9.80. The Balaban J connectivity index is 1.88. The lowest BCUT2D eigenvalue weighted by molar-refractivity contribution is 0.294. The molecule has 2 aromatic carbocycles. The summed E-state index contributed by atoms with van der Waals surface area (Å²) in [6, 6.07) is 19.9. The van der Waals surface area contributed by atoms with E-state index in [1.807, 2.05) is 61.5 Å². The van der Waals surface area contributed by atoms with Gasteiger partial charge < -0.3 is 9.47 Å². The Bertz CT molecular complexity index is 633. The largest absolute Gasteiger partial charge is 0.497 e. The number of ether oxygens (including phenoxy) is 2. The van der Waals surface area contributed by atoms with E-state index in [-0.39, 0.29) is 0 Å². The Hall–Kier alpha value is -2.47. The molecule has 0 fully saturated rings. The first kappa shape index (κ1) is 15.9. The SMILES string of the molecule is COc1cccc(OCCCC(C)(C#N)c2ccccc2)c1. The summed E-state index contributed by atoms with van der Waals surface area (Å²) in [6.07, 6.45) is 1.58. The topological polar surface area (TPSA) is 42.2 Å². The molecule has 0 bridgehead atoms. The van der Waals surface area contributed by atoms with E-state index in [4.69, 9.17) is 9.47 Å². The Morgan fingerprint density at radius 3 is 2.45 bits per heavy atom. The van der Waals surface area contributed by atoms with E-state index in [0.29, 0.717) is 6.61 Å². The molecule has 3 heteroatoms. The average Bonchev–Trinajstić information content (AvgIpc) is 2.59. The van der Waals surface area contributed by atoms with Crippen LogP contribution in [0.1, 0.15) is 25.3 Å². The number of nitriles is 1. The van der Waals surface area contributed by atoms with Crippen molar-refractivity contribution in [2.75, 3.05) is 13.7 Å². The van der Waals surface area contributed by atoms with Crippen LogP contribution in [0.25, 0.3) is 0 Å². The van der Waals surface area contributed by atoms with Crippen LogP contribution in [0.4, 0.5) is 0 Å². The smallest absolute Gasteiger partial charge is 0.122 e. The Labute approximate surface area is 132 Å². The van der Waals surface area contributed by atoms with E-state index in [1.165, 1.54) is 0 Å². The van der Waals surface area contributed by atoms with Crippen LogP contribution in [0.5, 0.6) is 11.5 Å². The molecule has 1 unspecified atom stereocenters. The summed E-state index contributed by atoms with van der Waals surface area (Å²) in [4.78, 5) is 0.